The molecule has 0 aliphatic heterocycles. The van der Waals surface area contributed by atoms with Gasteiger partial charge < -0.3 is 71.8 Å². The molecule has 0 bridgehead atoms. The maximum absolute atomic E-state index is 13.6. The third-order valence-electron chi connectivity index (χ3n) is 7.84. The van der Waals surface area contributed by atoms with Crippen molar-refractivity contribution in [2.75, 3.05) is 39.5 Å². The Morgan fingerprint density at radius 2 is 0.645 bits per heavy atom. The van der Waals surface area contributed by atoms with E-state index in [1.807, 2.05) is 0 Å². The summed E-state index contributed by atoms with van der Waals surface area (Å²) in [4.78, 5) is 92.7. The molecule has 28 heteroatoms. The zero-order chi connectivity index (χ0) is 48.0. The third-order valence-corrected chi connectivity index (χ3v) is 14.1. The fourth-order valence-corrected chi connectivity index (χ4v) is 13.2. The van der Waals surface area contributed by atoms with Gasteiger partial charge in [0.1, 0.15) is 0 Å². The van der Waals surface area contributed by atoms with E-state index in [9.17, 15) is 69.6 Å². The number of carbonyl (C=O) groups is 6. The number of halogens is 6. The van der Waals surface area contributed by atoms with Crippen LogP contribution >= 0.6 is 136 Å². The zero-order valence-electron chi connectivity index (χ0n) is 33.2. The maximum atomic E-state index is 13.6. The third kappa shape index (κ3) is 14.7. The Balaban J connectivity index is 2.78. The van der Waals surface area contributed by atoms with Crippen LogP contribution in [0.2, 0.25) is 0 Å². The molecule has 346 valence electrons. The van der Waals surface area contributed by atoms with E-state index in [4.69, 9.17) is 9.68 Å². The molecule has 22 nitrogen and oxygen atoms in total. The molecular weight excluding hydrogens is 1510 g/mol. The number of carbonyl (C=O) groups excluding carboxylic acids is 6. The van der Waals surface area contributed by atoms with Gasteiger partial charge in [-0.05, 0) is 163 Å². The molecule has 62 heavy (non-hydrogen) atoms. The van der Waals surface area contributed by atoms with E-state index >= 15 is 0 Å². The van der Waals surface area contributed by atoms with Crippen molar-refractivity contribution >= 4 is 171 Å². The molecule has 0 saturated carbocycles. The number of amides is 6. The van der Waals surface area contributed by atoms with Crippen molar-refractivity contribution in [3.63, 3.8) is 0 Å². The van der Waals surface area contributed by atoms with Crippen LogP contribution in [0.4, 0.5) is 0 Å². The summed E-state index contributed by atoms with van der Waals surface area (Å²) in [5.74, 6) is -6.03. The quantitative estimate of drug-likeness (QED) is 0.0501. The Hall–Kier alpha value is -1.08. The van der Waals surface area contributed by atoms with Gasteiger partial charge in [0.25, 0.3) is 35.4 Å². The summed E-state index contributed by atoms with van der Waals surface area (Å²) >= 11 is 10.2. The summed E-state index contributed by atoms with van der Waals surface area (Å²) in [6.45, 7) is 2.00. The monoisotopic (exact) mass is 1550 g/mol. The fourth-order valence-electron chi connectivity index (χ4n) is 4.56. The summed E-state index contributed by atoms with van der Waals surface area (Å²) in [5.41, 5.74) is -9.55. The van der Waals surface area contributed by atoms with Crippen LogP contribution < -0.4 is 30.9 Å². The van der Waals surface area contributed by atoms with Gasteiger partial charge >= 0.3 is 0 Å². The van der Waals surface area contributed by atoms with Gasteiger partial charge in [-0.1, -0.05) is 0 Å². The molecule has 0 radical (unpaired) electrons. The van der Waals surface area contributed by atoms with Gasteiger partial charge in [-0.25, -0.2) is 0 Å². The standard InChI is InChI=1S/C34H42I6N6O16/c1-13(51)45(61-25-21(37)15(27(53)41-31(3,57)9-47)19(35)16(22(25)38)28(54)42-32(4,58)10-48)7-8-46(14(2)52)62-26-23(39)17(29(55)43-33(5,59)11-49)20(36)18(24(26)40)30(56)44-34(6,60)12-50/h47-50,57-60H,7-12H2,1-6H3,(H,41,53)(H,42,54)(H,43,55)(H,44,56). The van der Waals surface area contributed by atoms with Crippen LogP contribution in [0.15, 0.2) is 0 Å². The van der Waals surface area contributed by atoms with Crippen LogP contribution in [-0.4, -0.2) is 149 Å². The number of hydroxylamine groups is 4. The molecule has 0 saturated heterocycles. The van der Waals surface area contributed by atoms with E-state index < -0.39 is 97.9 Å². The Labute approximate surface area is 435 Å². The predicted octanol–water partition coefficient (Wildman–Crippen LogP) is 0.0214. The number of nitrogens with zero attached hydrogens (tertiary/aromatic N) is 2. The summed E-state index contributed by atoms with van der Waals surface area (Å²) in [6.07, 6.45) is 0. The second kappa shape index (κ2) is 23.1. The number of aliphatic hydroxyl groups is 8. The first-order chi connectivity index (χ1) is 28.3. The Morgan fingerprint density at radius 1 is 0.452 bits per heavy atom. The normalized spacial score (nSPS) is 15.1. The van der Waals surface area contributed by atoms with Crippen LogP contribution in [0.3, 0.4) is 0 Å². The average molecular weight is 1550 g/mol. The lowest BCUT2D eigenvalue weighted by Crippen LogP contribution is -2.50. The Bertz CT molecular complexity index is 1850. The van der Waals surface area contributed by atoms with Crippen molar-refractivity contribution in [1.29, 1.82) is 0 Å². The van der Waals surface area contributed by atoms with Gasteiger partial charge in [0.15, 0.2) is 34.4 Å². The molecule has 0 heterocycles. The van der Waals surface area contributed by atoms with Gasteiger partial charge in [0.2, 0.25) is 0 Å². The molecule has 2 rings (SSSR count). The van der Waals surface area contributed by atoms with E-state index in [-0.39, 0.29) is 55.2 Å². The molecule has 4 unspecified atom stereocenters. The molecule has 0 fully saturated rings. The van der Waals surface area contributed by atoms with Crippen LogP contribution in [0.1, 0.15) is 83.0 Å². The second-order valence-electron chi connectivity index (χ2n) is 14.0. The molecular formula is C34H42I6N6O16. The summed E-state index contributed by atoms with van der Waals surface area (Å²) in [7, 11) is 0. The molecule has 2 aromatic carbocycles. The number of aliphatic hydroxyl groups excluding tert-OH is 4. The van der Waals surface area contributed by atoms with Crippen molar-refractivity contribution in [3.8, 4) is 11.5 Å². The van der Waals surface area contributed by atoms with Crippen LogP contribution in [0.5, 0.6) is 11.5 Å². The summed E-state index contributed by atoms with van der Waals surface area (Å²) < 4.78 is -0.0416. The first kappa shape index (κ1) is 57.0. The number of rotatable bonds is 19. The molecule has 6 amide bonds. The van der Waals surface area contributed by atoms with Gasteiger partial charge in [0, 0.05) is 21.0 Å². The Kier molecular flexibility index (Phi) is 21.2. The molecule has 0 aromatic heterocycles. The van der Waals surface area contributed by atoms with Gasteiger partial charge in [-0.15, -0.1) is 0 Å². The van der Waals surface area contributed by atoms with Crippen LogP contribution in [0, 0.1) is 21.4 Å². The van der Waals surface area contributed by atoms with E-state index in [1.54, 1.807) is 136 Å². The number of hydrogen-bond donors (Lipinski definition) is 12. The van der Waals surface area contributed by atoms with E-state index in [2.05, 4.69) is 21.3 Å². The largest absolute Gasteiger partial charge is 0.391 e. The van der Waals surface area contributed by atoms with Crippen molar-refractivity contribution in [3.05, 3.63) is 43.7 Å². The summed E-state index contributed by atoms with van der Waals surface area (Å²) in [6, 6.07) is 0. The number of hydrogen-bond acceptors (Lipinski definition) is 16. The first-order valence-electron chi connectivity index (χ1n) is 17.3. The lowest BCUT2D eigenvalue weighted by molar-refractivity contribution is -0.168. The minimum Gasteiger partial charge on any atom is -0.391 e. The molecule has 2 aromatic rings. The van der Waals surface area contributed by atoms with Gasteiger partial charge in [-0.3, -0.25) is 28.8 Å². The number of benzene rings is 2. The highest BCUT2D eigenvalue weighted by molar-refractivity contribution is 14.1. The second-order valence-corrected chi connectivity index (χ2v) is 20.5. The minimum absolute atomic E-state index is 0.000934. The maximum Gasteiger partial charge on any atom is 0.255 e. The van der Waals surface area contributed by atoms with E-state index in [0.29, 0.717) is 0 Å². The lowest BCUT2D eigenvalue weighted by atomic mass is 10.1. The van der Waals surface area contributed by atoms with E-state index in [0.717, 1.165) is 51.7 Å². The van der Waals surface area contributed by atoms with Crippen molar-refractivity contribution < 1.29 is 79.3 Å². The van der Waals surface area contributed by atoms with Crippen LogP contribution in [-0.2, 0) is 9.59 Å². The highest BCUT2D eigenvalue weighted by atomic mass is 127. The zero-order valence-corrected chi connectivity index (χ0v) is 46.2. The average Bonchev–Trinajstić information content (AvgIpc) is 3.14. The Morgan fingerprint density at radius 3 is 0.806 bits per heavy atom. The predicted molar refractivity (Wildman–Crippen MR) is 266 cm³/mol. The topological polar surface area (TPSA) is 337 Å². The molecule has 0 spiro atoms. The van der Waals surface area contributed by atoms with Crippen molar-refractivity contribution in [1.82, 2.24) is 31.4 Å². The number of nitrogens with one attached hydrogen (secondary N) is 4. The lowest BCUT2D eigenvalue weighted by Gasteiger charge is -2.29. The minimum atomic E-state index is -2.13. The van der Waals surface area contributed by atoms with Gasteiger partial charge in [0.05, 0.1) is 76.1 Å². The SMILES string of the molecule is CC(=O)N(CCN(Oc1c(I)c(C(=O)NC(C)(O)CO)c(I)c(C(=O)NC(C)(O)CO)c1I)C(C)=O)Oc1c(I)c(C(=O)NC(C)(O)CO)c(I)c(C(=O)NC(C)(O)CO)c1I. The molecule has 0 aliphatic rings. The van der Waals surface area contributed by atoms with Gasteiger partial charge in [-0.2, -0.15) is 10.1 Å². The smallest absolute Gasteiger partial charge is 0.255 e. The first-order valence-corrected chi connectivity index (χ1v) is 23.8. The highest BCUT2D eigenvalue weighted by Crippen LogP contribution is 2.40. The molecule has 4 atom stereocenters. The van der Waals surface area contributed by atoms with Crippen molar-refractivity contribution in [2.24, 2.45) is 0 Å². The fraction of sp³-hybridized carbons (Fsp3) is 0.471. The summed E-state index contributed by atoms with van der Waals surface area (Å²) in [5, 5.41) is 90.5. The van der Waals surface area contributed by atoms with Crippen LogP contribution in [0.25, 0.3) is 0 Å². The highest BCUT2D eigenvalue weighted by Gasteiger charge is 2.37. The molecule has 12 N–H and O–H groups in total. The van der Waals surface area contributed by atoms with Crippen molar-refractivity contribution in [2.45, 2.75) is 64.4 Å². The van der Waals surface area contributed by atoms with E-state index in [1.165, 1.54) is 0 Å². The molecule has 0 aliphatic carbocycles.